The number of sulfonamides is 1. The van der Waals surface area contributed by atoms with E-state index in [0.717, 1.165) is 0 Å². The Balaban J connectivity index is 2.44. The molecule has 2 rings (SSSR count). The summed E-state index contributed by atoms with van der Waals surface area (Å²) in [5.41, 5.74) is 0.0218. The second kappa shape index (κ2) is 8.17. The Labute approximate surface area is 148 Å². The molecule has 0 aliphatic heterocycles. The van der Waals surface area contributed by atoms with Crippen LogP contribution in [-0.4, -0.2) is 36.2 Å². The van der Waals surface area contributed by atoms with Crippen LogP contribution in [0.15, 0.2) is 35.2 Å². The molecule has 24 heavy (non-hydrogen) atoms. The highest BCUT2D eigenvalue weighted by Gasteiger charge is 2.20. The van der Waals surface area contributed by atoms with Crippen molar-refractivity contribution >= 4 is 39.0 Å². The van der Waals surface area contributed by atoms with Crippen molar-refractivity contribution in [2.45, 2.75) is 4.90 Å². The van der Waals surface area contributed by atoms with E-state index in [1.54, 1.807) is 18.2 Å². The fourth-order valence-corrected chi connectivity index (χ4v) is 2.91. The number of rotatable bonds is 5. The summed E-state index contributed by atoms with van der Waals surface area (Å²) in [7, 11) is -3.91. The van der Waals surface area contributed by atoms with Crippen LogP contribution in [-0.2, 0) is 10.0 Å². The molecule has 0 bridgehead atoms. The number of aromatic nitrogens is 2. The summed E-state index contributed by atoms with van der Waals surface area (Å²) in [6.45, 7) is -0.397. The number of nitrogens with zero attached hydrogens (tertiary/aromatic N) is 2. The van der Waals surface area contributed by atoms with Gasteiger partial charge in [-0.25, -0.2) is 13.4 Å². The van der Waals surface area contributed by atoms with Crippen LogP contribution in [0.2, 0.25) is 5.15 Å². The number of benzene rings is 1. The Morgan fingerprint density at radius 2 is 1.96 bits per heavy atom. The van der Waals surface area contributed by atoms with E-state index >= 15 is 0 Å². The molecule has 1 aromatic heterocycles. The highest BCUT2D eigenvalue weighted by atomic mass is 35.5. The van der Waals surface area contributed by atoms with Crippen LogP contribution in [0.4, 0.5) is 5.82 Å². The van der Waals surface area contributed by atoms with E-state index in [4.69, 9.17) is 33.0 Å². The molecule has 0 aliphatic rings. The van der Waals surface area contributed by atoms with Gasteiger partial charge in [0.1, 0.15) is 6.61 Å². The Kier molecular flexibility index (Phi) is 6.23. The van der Waals surface area contributed by atoms with Crippen molar-refractivity contribution in [2.24, 2.45) is 0 Å². The number of hydrogen-bond acceptors (Lipinski definition) is 6. The van der Waals surface area contributed by atoms with Gasteiger partial charge >= 0.3 is 0 Å². The SMILES string of the molecule is O=S(=O)(Nc1nc(Cl)c(C#CCO)nc1OCCl)c1ccccc1. The van der Waals surface area contributed by atoms with E-state index in [1.807, 2.05) is 0 Å². The van der Waals surface area contributed by atoms with Crippen molar-refractivity contribution in [2.75, 3.05) is 17.4 Å². The summed E-state index contributed by atoms with van der Waals surface area (Å²) in [6.07, 6.45) is 0. The number of aliphatic hydroxyl groups is 1. The maximum atomic E-state index is 12.4. The first-order valence-electron chi connectivity index (χ1n) is 6.42. The minimum atomic E-state index is -3.91. The largest absolute Gasteiger partial charge is 0.459 e. The Morgan fingerprint density at radius 1 is 1.25 bits per heavy atom. The number of hydrogen-bond donors (Lipinski definition) is 2. The van der Waals surface area contributed by atoms with E-state index in [2.05, 4.69) is 26.5 Å². The van der Waals surface area contributed by atoms with Crippen LogP contribution in [0.5, 0.6) is 5.88 Å². The van der Waals surface area contributed by atoms with Crippen LogP contribution in [0.1, 0.15) is 5.69 Å². The van der Waals surface area contributed by atoms with Gasteiger partial charge in [-0.2, -0.15) is 4.98 Å². The lowest BCUT2D eigenvalue weighted by Crippen LogP contribution is -2.16. The third kappa shape index (κ3) is 4.49. The molecule has 0 spiro atoms. The van der Waals surface area contributed by atoms with Crippen molar-refractivity contribution < 1.29 is 18.3 Å². The number of anilines is 1. The third-order valence-corrected chi connectivity index (χ3v) is 4.31. The molecule has 0 saturated carbocycles. The second-order valence-corrected chi connectivity index (χ2v) is 6.41. The third-order valence-electron chi connectivity index (χ3n) is 2.58. The minimum absolute atomic E-state index is 0.0218. The molecular weight excluding hydrogens is 377 g/mol. The van der Waals surface area contributed by atoms with E-state index in [0.29, 0.717) is 0 Å². The van der Waals surface area contributed by atoms with Crippen LogP contribution in [0.3, 0.4) is 0 Å². The molecule has 1 heterocycles. The molecule has 0 fully saturated rings. The van der Waals surface area contributed by atoms with Crippen LogP contribution < -0.4 is 9.46 Å². The molecule has 10 heteroatoms. The maximum Gasteiger partial charge on any atom is 0.263 e. The first-order valence-corrected chi connectivity index (χ1v) is 8.81. The molecule has 126 valence electrons. The number of aliphatic hydroxyl groups excluding tert-OH is 1. The van der Waals surface area contributed by atoms with Gasteiger partial charge in [-0.1, -0.05) is 47.3 Å². The predicted octanol–water partition coefficient (Wildman–Crippen LogP) is 1.85. The molecule has 2 aromatic rings. The second-order valence-electron chi connectivity index (χ2n) is 4.15. The molecule has 7 nitrogen and oxygen atoms in total. The van der Waals surface area contributed by atoms with Gasteiger partial charge in [0.15, 0.2) is 16.9 Å². The highest BCUT2D eigenvalue weighted by Crippen LogP contribution is 2.26. The van der Waals surface area contributed by atoms with E-state index < -0.39 is 16.6 Å². The fraction of sp³-hybridized carbons (Fsp3) is 0.143. The quantitative estimate of drug-likeness (QED) is 0.599. The summed E-state index contributed by atoms with van der Waals surface area (Å²) < 4.78 is 32.0. The zero-order chi connectivity index (χ0) is 17.6. The van der Waals surface area contributed by atoms with Gasteiger partial charge in [-0.3, -0.25) is 4.72 Å². The van der Waals surface area contributed by atoms with Gasteiger partial charge < -0.3 is 9.84 Å². The smallest absolute Gasteiger partial charge is 0.263 e. The Hall–Kier alpha value is -2.05. The lowest BCUT2D eigenvalue weighted by atomic mass is 10.4. The van der Waals surface area contributed by atoms with Gasteiger partial charge in [0.2, 0.25) is 5.82 Å². The van der Waals surface area contributed by atoms with Crippen LogP contribution >= 0.6 is 23.2 Å². The molecule has 1 aromatic carbocycles. The molecule has 2 N–H and O–H groups in total. The van der Waals surface area contributed by atoms with Crippen LogP contribution in [0, 0.1) is 11.8 Å². The van der Waals surface area contributed by atoms with Crippen molar-refractivity contribution in [3.63, 3.8) is 0 Å². The molecular formula is C14H11Cl2N3O4S. The van der Waals surface area contributed by atoms with Gasteiger partial charge in [-0.05, 0) is 18.1 Å². The first kappa shape index (κ1) is 18.3. The Morgan fingerprint density at radius 3 is 2.58 bits per heavy atom. The van der Waals surface area contributed by atoms with E-state index in [1.165, 1.54) is 12.1 Å². The topological polar surface area (TPSA) is 101 Å². The number of halogens is 2. The lowest BCUT2D eigenvalue weighted by molar-refractivity contribution is 0.350. The lowest BCUT2D eigenvalue weighted by Gasteiger charge is -2.11. The predicted molar refractivity (Wildman–Crippen MR) is 89.6 cm³/mol. The number of alkyl halides is 1. The average Bonchev–Trinajstić information content (AvgIpc) is 2.57. The fourth-order valence-electron chi connectivity index (χ4n) is 1.61. The summed E-state index contributed by atoms with van der Waals surface area (Å²) in [6, 6.07) is 7.39. The van der Waals surface area contributed by atoms with Crippen molar-refractivity contribution in [3.8, 4) is 17.7 Å². The summed E-state index contributed by atoms with van der Waals surface area (Å²) in [4.78, 5) is 7.90. The normalized spacial score (nSPS) is 10.6. The zero-order valence-electron chi connectivity index (χ0n) is 12.0. The number of nitrogens with one attached hydrogen (secondary N) is 1. The number of ether oxygens (including phenoxy) is 1. The zero-order valence-corrected chi connectivity index (χ0v) is 14.4. The average molecular weight is 388 g/mol. The van der Waals surface area contributed by atoms with E-state index in [-0.39, 0.29) is 33.5 Å². The van der Waals surface area contributed by atoms with Gasteiger partial charge in [-0.15, -0.1) is 0 Å². The first-order chi connectivity index (χ1) is 11.5. The maximum absolute atomic E-state index is 12.4. The molecule has 0 aliphatic carbocycles. The molecule has 0 unspecified atom stereocenters. The van der Waals surface area contributed by atoms with E-state index in [9.17, 15) is 8.42 Å². The Bertz CT molecular complexity index is 880. The summed E-state index contributed by atoms with van der Waals surface area (Å²) in [5, 5.41) is 8.57. The molecule has 0 atom stereocenters. The van der Waals surface area contributed by atoms with Gasteiger partial charge in [0, 0.05) is 0 Å². The summed E-state index contributed by atoms with van der Waals surface area (Å²) in [5.74, 6) is 4.43. The summed E-state index contributed by atoms with van der Waals surface area (Å²) >= 11 is 11.4. The van der Waals surface area contributed by atoms with Crippen molar-refractivity contribution in [3.05, 3.63) is 41.2 Å². The van der Waals surface area contributed by atoms with Gasteiger partial charge in [0.05, 0.1) is 4.90 Å². The van der Waals surface area contributed by atoms with Crippen LogP contribution in [0.25, 0.3) is 0 Å². The molecule has 0 radical (unpaired) electrons. The monoisotopic (exact) mass is 387 g/mol. The molecule has 0 amide bonds. The standard InChI is InChI=1S/C14H11Cl2N3O4S/c15-9-23-14-13(18-12(16)11(17-14)7-4-8-20)19-24(21,22)10-5-2-1-3-6-10/h1-3,5-6,20H,8-9H2,(H,18,19). The molecule has 0 saturated heterocycles. The van der Waals surface area contributed by atoms with Gasteiger partial charge in [0.25, 0.3) is 15.9 Å². The van der Waals surface area contributed by atoms with Crippen molar-refractivity contribution in [1.29, 1.82) is 0 Å². The highest BCUT2D eigenvalue weighted by molar-refractivity contribution is 7.92. The minimum Gasteiger partial charge on any atom is -0.459 e. The van der Waals surface area contributed by atoms with Crippen molar-refractivity contribution in [1.82, 2.24) is 9.97 Å².